The zero-order chi connectivity index (χ0) is 18.7. The maximum atomic E-state index is 12.6. The molecule has 0 spiro atoms. The van der Waals surface area contributed by atoms with Crippen molar-refractivity contribution >= 4 is 6.03 Å². The minimum Gasteiger partial charge on any atom is -0.339 e. The normalized spacial score (nSPS) is 18.0. The topological polar surface area (TPSA) is 71.3 Å². The Morgan fingerprint density at radius 3 is 2.69 bits per heavy atom. The molecule has 1 fully saturated rings. The van der Waals surface area contributed by atoms with Crippen LogP contribution in [0.5, 0.6) is 0 Å². The lowest BCUT2D eigenvalue weighted by molar-refractivity contribution is -0.137. The molecule has 1 aliphatic heterocycles. The molecule has 0 saturated carbocycles. The molecule has 2 heterocycles. The lowest BCUT2D eigenvalue weighted by Crippen LogP contribution is -2.44. The quantitative estimate of drug-likeness (QED) is 0.900. The number of nitrogens with zero attached hydrogens (tertiary/aromatic N) is 3. The van der Waals surface area contributed by atoms with Gasteiger partial charge in [0.15, 0.2) is 5.82 Å². The number of piperidine rings is 1. The van der Waals surface area contributed by atoms with E-state index in [1.807, 2.05) is 0 Å². The number of hydrogen-bond acceptors (Lipinski definition) is 4. The molecule has 1 N–H and O–H groups in total. The molecule has 3 rings (SSSR count). The van der Waals surface area contributed by atoms with E-state index in [4.69, 9.17) is 4.52 Å². The summed E-state index contributed by atoms with van der Waals surface area (Å²) >= 11 is 0. The van der Waals surface area contributed by atoms with E-state index < -0.39 is 11.7 Å². The van der Waals surface area contributed by atoms with Crippen molar-refractivity contribution < 1.29 is 22.5 Å². The number of carbonyl (C=O) groups is 1. The molecule has 1 saturated heterocycles. The number of alkyl halides is 3. The Balaban J connectivity index is 1.54. The lowest BCUT2D eigenvalue weighted by atomic mass is 9.98. The highest BCUT2D eigenvalue weighted by molar-refractivity contribution is 5.74. The number of urea groups is 1. The van der Waals surface area contributed by atoms with E-state index in [2.05, 4.69) is 15.5 Å². The van der Waals surface area contributed by atoms with Gasteiger partial charge in [-0.2, -0.15) is 18.2 Å². The zero-order valence-corrected chi connectivity index (χ0v) is 14.2. The molecule has 0 radical (unpaired) electrons. The monoisotopic (exact) mass is 368 g/mol. The van der Waals surface area contributed by atoms with E-state index in [1.54, 1.807) is 11.8 Å². The summed E-state index contributed by atoms with van der Waals surface area (Å²) in [6.07, 6.45) is -2.68. The van der Waals surface area contributed by atoms with Crippen LogP contribution in [-0.2, 0) is 12.7 Å². The lowest BCUT2D eigenvalue weighted by Gasteiger charge is -2.31. The molecule has 1 aromatic carbocycles. The highest BCUT2D eigenvalue weighted by atomic mass is 19.4. The molecule has 6 nitrogen and oxygen atoms in total. The fourth-order valence-electron chi connectivity index (χ4n) is 2.94. The summed E-state index contributed by atoms with van der Waals surface area (Å²) < 4.78 is 42.9. The average molecular weight is 368 g/mol. The van der Waals surface area contributed by atoms with Gasteiger partial charge in [0.25, 0.3) is 0 Å². The summed E-state index contributed by atoms with van der Waals surface area (Å²) in [7, 11) is 0. The first-order chi connectivity index (χ1) is 12.3. The second-order valence-corrected chi connectivity index (χ2v) is 6.32. The van der Waals surface area contributed by atoms with Gasteiger partial charge in [-0.05, 0) is 37.5 Å². The third-order valence-electron chi connectivity index (χ3n) is 4.33. The molecule has 1 aromatic heterocycles. The molecule has 140 valence electrons. The Bertz CT molecular complexity index is 758. The van der Waals surface area contributed by atoms with Gasteiger partial charge in [-0.25, -0.2) is 4.79 Å². The number of hydrogen-bond donors (Lipinski definition) is 1. The van der Waals surface area contributed by atoms with Crippen molar-refractivity contribution in [1.29, 1.82) is 0 Å². The molecule has 9 heteroatoms. The highest BCUT2D eigenvalue weighted by Crippen LogP contribution is 2.29. The van der Waals surface area contributed by atoms with Crippen LogP contribution in [0, 0.1) is 6.92 Å². The van der Waals surface area contributed by atoms with Crippen molar-refractivity contribution in [3.8, 4) is 0 Å². The van der Waals surface area contributed by atoms with Crippen LogP contribution in [0.4, 0.5) is 18.0 Å². The number of rotatable bonds is 3. The summed E-state index contributed by atoms with van der Waals surface area (Å²) in [5.41, 5.74) is -0.103. The Kier molecular flexibility index (Phi) is 5.15. The van der Waals surface area contributed by atoms with Crippen LogP contribution in [0.25, 0.3) is 0 Å². The van der Waals surface area contributed by atoms with Crippen molar-refractivity contribution in [2.75, 3.05) is 13.1 Å². The first-order valence-electron chi connectivity index (χ1n) is 8.32. The number of carbonyl (C=O) groups excluding carboxylic acids is 1. The van der Waals surface area contributed by atoms with Gasteiger partial charge in [0.05, 0.1) is 11.5 Å². The minimum atomic E-state index is -4.36. The molecule has 0 unspecified atom stereocenters. The number of likely N-dealkylation sites (tertiary alicyclic amines) is 1. The van der Waals surface area contributed by atoms with Crippen molar-refractivity contribution in [2.45, 2.75) is 38.4 Å². The molecule has 0 bridgehead atoms. The van der Waals surface area contributed by atoms with E-state index >= 15 is 0 Å². The predicted octanol–water partition coefficient (Wildman–Crippen LogP) is 3.49. The van der Waals surface area contributed by atoms with Crippen LogP contribution in [0.2, 0.25) is 0 Å². The molecule has 2 amide bonds. The summed E-state index contributed by atoms with van der Waals surface area (Å²) in [4.78, 5) is 18.2. The van der Waals surface area contributed by atoms with Crippen LogP contribution in [0.3, 0.4) is 0 Å². The van der Waals surface area contributed by atoms with Gasteiger partial charge in [0.2, 0.25) is 5.89 Å². The highest BCUT2D eigenvalue weighted by Gasteiger charge is 2.30. The number of nitrogens with one attached hydrogen (secondary N) is 1. The number of amides is 2. The Morgan fingerprint density at radius 1 is 1.35 bits per heavy atom. The third-order valence-corrected chi connectivity index (χ3v) is 4.33. The first-order valence-corrected chi connectivity index (χ1v) is 8.32. The Morgan fingerprint density at radius 2 is 2.08 bits per heavy atom. The zero-order valence-electron chi connectivity index (χ0n) is 14.2. The summed E-state index contributed by atoms with van der Waals surface area (Å²) in [5.74, 6) is 1.09. The second-order valence-electron chi connectivity index (χ2n) is 6.32. The summed E-state index contributed by atoms with van der Waals surface area (Å²) in [6.45, 7) is 2.99. The fraction of sp³-hybridized carbons (Fsp3) is 0.471. The molecular weight excluding hydrogens is 349 g/mol. The standard InChI is InChI=1S/C17H19F3N4O2/c1-11-22-15(26-23-11)13-3-2-8-24(10-13)16(25)21-9-12-4-6-14(7-5-12)17(18,19)20/h4-7,13H,2-3,8-10H2,1H3,(H,21,25)/t13-/m0/s1. The minimum absolute atomic E-state index is 0.00164. The number of halogens is 3. The van der Waals surface area contributed by atoms with Gasteiger partial charge >= 0.3 is 12.2 Å². The van der Waals surface area contributed by atoms with E-state index in [1.165, 1.54) is 12.1 Å². The maximum absolute atomic E-state index is 12.6. The van der Waals surface area contributed by atoms with E-state index in [9.17, 15) is 18.0 Å². The largest absolute Gasteiger partial charge is 0.416 e. The SMILES string of the molecule is Cc1noc([C@H]2CCCN(C(=O)NCc3ccc(C(F)(F)F)cc3)C2)n1. The van der Waals surface area contributed by atoms with Gasteiger partial charge < -0.3 is 14.7 Å². The first kappa shape index (κ1) is 18.2. The van der Waals surface area contributed by atoms with E-state index in [0.717, 1.165) is 25.0 Å². The van der Waals surface area contributed by atoms with Crippen LogP contribution >= 0.6 is 0 Å². The fourth-order valence-corrected chi connectivity index (χ4v) is 2.94. The van der Waals surface area contributed by atoms with Crippen molar-refractivity contribution in [3.63, 3.8) is 0 Å². The second kappa shape index (κ2) is 7.35. The molecule has 2 aromatic rings. The Hall–Kier alpha value is -2.58. The van der Waals surface area contributed by atoms with Crippen molar-refractivity contribution in [2.24, 2.45) is 0 Å². The molecule has 1 aliphatic rings. The molecule has 0 aliphatic carbocycles. The van der Waals surface area contributed by atoms with Crippen LogP contribution in [-0.4, -0.2) is 34.2 Å². The number of benzene rings is 1. The predicted molar refractivity (Wildman–Crippen MR) is 86.3 cm³/mol. The van der Waals surface area contributed by atoms with Crippen LogP contribution < -0.4 is 5.32 Å². The number of aryl methyl sites for hydroxylation is 1. The number of aromatic nitrogens is 2. The van der Waals surface area contributed by atoms with Crippen LogP contribution in [0.15, 0.2) is 28.8 Å². The van der Waals surface area contributed by atoms with Crippen molar-refractivity contribution in [3.05, 3.63) is 47.1 Å². The van der Waals surface area contributed by atoms with Gasteiger partial charge in [-0.1, -0.05) is 17.3 Å². The van der Waals surface area contributed by atoms with Gasteiger partial charge in [-0.3, -0.25) is 0 Å². The van der Waals surface area contributed by atoms with Gasteiger partial charge in [0.1, 0.15) is 0 Å². The summed E-state index contributed by atoms with van der Waals surface area (Å²) in [6, 6.07) is 4.49. The average Bonchev–Trinajstić information content (AvgIpc) is 3.06. The molecular formula is C17H19F3N4O2. The molecule has 1 atom stereocenters. The third kappa shape index (κ3) is 4.33. The van der Waals surface area contributed by atoms with E-state index in [0.29, 0.717) is 30.4 Å². The Labute approximate surface area is 148 Å². The van der Waals surface area contributed by atoms with Gasteiger partial charge in [-0.15, -0.1) is 0 Å². The summed E-state index contributed by atoms with van der Waals surface area (Å²) in [5, 5.41) is 6.52. The van der Waals surface area contributed by atoms with Crippen molar-refractivity contribution in [1.82, 2.24) is 20.4 Å². The molecule has 26 heavy (non-hydrogen) atoms. The van der Waals surface area contributed by atoms with E-state index in [-0.39, 0.29) is 18.5 Å². The maximum Gasteiger partial charge on any atom is 0.416 e. The van der Waals surface area contributed by atoms with Crippen LogP contribution in [0.1, 0.15) is 41.6 Å². The van der Waals surface area contributed by atoms with Gasteiger partial charge in [0, 0.05) is 19.6 Å². The smallest absolute Gasteiger partial charge is 0.339 e.